The van der Waals surface area contributed by atoms with Gasteiger partial charge in [0.15, 0.2) is 0 Å². The molecule has 17 heavy (non-hydrogen) atoms. The van der Waals surface area contributed by atoms with Crippen LogP contribution in [-0.2, 0) is 16.0 Å². The van der Waals surface area contributed by atoms with Crippen LogP contribution in [0.5, 0.6) is 0 Å². The number of carbonyl (C=O) groups is 1. The van der Waals surface area contributed by atoms with Crippen LogP contribution in [0, 0.1) is 0 Å². The molecule has 1 aromatic rings. The van der Waals surface area contributed by atoms with Gasteiger partial charge in [-0.3, -0.25) is 4.79 Å². The van der Waals surface area contributed by atoms with E-state index in [1.54, 1.807) is 13.8 Å². The lowest BCUT2D eigenvalue weighted by Gasteiger charge is -2.12. The first-order valence-corrected chi connectivity index (χ1v) is 5.99. The second kappa shape index (κ2) is 7.07. The van der Waals surface area contributed by atoms with Gasteiger partial charge in [0.05, 0.1) is 18.6 Å². The molecule has 0 radical (unpaired) electrons. The smallest absolute Gasteiger partial charge is 0.308 e. The number of aliphatic hydroxyl groups is 1. The molecule has 0 heterocycles. The third-order valence-corrected chi connectivity index (χ3v) is 2.38. The predicted octanol–water partition coefficient (Wildman–Crippen LogP) is 2.32. The van der Waals surface area contributed by atoms with E-state index in [9.17, 15) is 9.90 Å². The zero-order valence-corrected chi connectivity index (χ0v) is 10.4. The zero-order valence-electron chi connectivity index (χ0n) is 10.4. The second-order valence-electron chi connectivity index (χ2n) is 4.42. The summed E-state index contributed by atoms with van der Waals surface area (Å²) in [7, 11) is 0. The summed E-state index contributed by atoms with van der Waals surface area (Å²) in [6.07, 6.45) is 0.685. The summed E-state index contributed by atoms with van der Waals surface area (Å²) in [6, 6.07) is 9.92. The van der Waals surface area contributed by atoms with Crippen molar-refractivity contribution >= 4 is 5.97 Å². The molecule has 0 aliphatic rings. The third kappa shape index (κ3) is 6.07. The molecule has 0 bridgehead atoms. The lowest BCUT2D eigenvalue weighted by atomic mass is 10.1. The molecule has 1 atom stereocenters. The first kappa shape index (κ1) is 13.7. The van der Waals surface area contributed by atoms with Gasteiger partial charge in [-0.2, -0.15) is 0 Å². The number of benzene rings is 1. The highest BCUT2D eigenvalue weighted by Gasteiger charge is 2.13. The number of hydrogen-bond acceptors (Lipinski definition) is 3. The van der Waals surface area contributed by atoms with Crippen molar-refractivity contribution in [2.45, 2.75) is 45.3 Å². The molecule has 0 fully saturated rings. The van der Waals surface area contributed by atoms with Gasteiger partial charge in [0, 0.05) is 0 Å². The Morgan fingerprint density at radius 2 is 1.94 bits per heavy atom. The zero-order chi connectivity index (χ0) is 12.7. The van der Waals surface area contributed by atoms with Crippen molar-refractivity contribution < 1.29 is 14.6 Å². The highest BCUT2D eigenvalue weighted by molar-refractivity contribution is 5.70. The van der Waals surface area contributed by atoms with Crippen LogP contribution < -0.4 is 0 Å². The van der Waals surface area contributed by atoms with E-state index in [-0.39, 0.29) is 18.5 Å². The Labute approximate surface area is 102 Å². The number of rotatable bonds is 6. The Kier molecular flexibility index (Phi) is 5.70. The molecule has 0 aliphatic heterocycles. The molecule has 0 aliphatic carbocycles. The maximum Gasteiger partial charge on any atom is 0.308 e. The summed E-state index contributed by atoms with van der Waals surface area (Å²) in [5, 5.41) is 9.69. The molecule has 0 spiro atoms. The molecule has 0 saturated carbocycles. The van der Waals surface area contributed by atoms with Gasteiger partial charge in [0.2, 0.25) is 0 Å². The van der Waals surface area contributed by atoms with Gasteiger partial charge < -0.3 is 9.84 Å². The first-order valence-electron chi connectivity index (χ1n) is 5.99. The maximum absolute atomic E-state index is 11.3. The minimum atomic E-state index is -0.624. The average Bonchev–Trinajstić information content (AvgIpc) is 2.26. The average molecular weight is 236 g/mol. The number of esters is 1. The van der Waals surface area contributed by atoms with E-state index < -0.39 is 6.10 Å². The van der Waals surface area contributed by atoms with Crippen molar-refractivity contribution in [1.82, 2.24) is 0 Å². The molecule has 1 N–H and O–H groups in total. The molecule has 0 aromatic heterocycles. The van der Waals surface area contributed by atoms with Crippen LogP contribution in [0.3, 0.4) is 0 Å². The molecular weight excluding hydrogens is 216 g/mol. The number of ether oxygens (including phenoxy) is 1. The fourth-order valence-electron chi connectivity index (χ4n) is 1.58. The van der Waals surface area contributed by atoms with E-state index >= 15 is 0 Å². The topological polar surface area (TPSA) is 46.5 Å². The molecule has 94 valence electrons. The van der Waals surface area contributed by atoms with Crippen LogP contribution in [0.2, 0.25) is 0 Å². The van der Waals surface area contributed by atoms with E-state index in [0.717, 1.165) is 6.42 Å². The van der Waals surface area contributed by atoms with Crippen LogP contribution in [0.25, 0.3) is 0 Å². The quantitative estimate of drug-likeness (QED) is 0.771. The van der Waals surface area contributed by atoms with E-state index in [1.807, 2.05) is 30.3 Å². The lowest BCUT2D eigenvalue weighted by Crippen LogP contribution is -2.19. The predicted molar refractivity (Wildman–Crippen MR) is 66.6 cm³/mol. The molecule has 3 nitrogen and oxygen atoms in total. The van der Waals surface area contributed by atoms with Gasteiger partial charge >= 0.3 is 5.97 Å². The fourth-order valence-corrected chi connectivity index (χ4v) is 1.58. The number of aliphatic hydroxyl groups excluding tert-OH is 1. The van der Waals surface area contributed by atoms with Crippen molar-refractivity contribution in [3.63, 3.8) is 0 Å². The monoisotopic (exact) mass is 236 g/mol. The number of hydrogen-bond donors (Lipinski definition) is 1. The Morgan fingerprint density at radius 1 is 1.29 bits per heavy atom. The van der Waals surface area contributed by atoms with Gasteiger partial charge in [-0.25, -0.2) is 0 Å². The van der Waals surface area contributed by atoms with Gasteiger partial charge in [-0.05, 0) is 32.3 Å². The van der Waals surface area contributed by atoms with Gasteiger partial charge in [0.25, 0.3) is 0 Å². The van der Waals surface area contributed by atoms with Crippen LogP contribution in [0.4, 0.5) is 0 Å². The third-order valence-electron chi connectivity index (χ3n) is 2.38. The Morgan fingerprint density at radius 3 is 2.53 bits per heavy atom. The van der Waals surface area contributed by atoms with Crippen LogP contribution in [0.15, 0.2) is 30.3 Å². The van der Waals surface area contributed by atoms with Crippen molar-refractivity contribution in [2.24, 2.45) is 0 Å². The van der Waals surface area contributed by atoms with Crippen LogP contribution >= 0.6 is 0 Å². The SMILES string of the molecule is CC(C)OC(=O)CC(O)CCc1ccccc1. The molecular formula is C14H20O3. The minimum Gasteiger partial charge on any atom is -0.463 e. The Balaban J connectivity index is 2.26. The number of aryl methyl sites for hydroxylation is 1. The minimum absolute atomic E-state index is 0.0744. The maximum atomic E-state index is 11.3. The highest BCUT2D eigenvalue weighted by Crippen LogP contribution is 2.08. The summed E-state index contributed by atoms with van der Waals surface area (Å²) < 4.78 is 4.97. The number of carbonyl (C=O) groups excluding carboxylic acids is 1. The van der Waals surface area contributed by atoms with E-state index in [2.05, 4.69) is 0 Å². The molecule has 0 amide bonds. The Bertz CT molecular complexity index is 333. The first-order chi connectivity index (χ1) is 8.08. The summed E-state index contributed by atoms with van der Waals surface area (Å²) in [4.78, 5) is 11.3. The van der Waals surface area contributed by atoms with Gasteiger partial charge in [-0.15, -0.1) is 0 Å². The fraction of sp³-hybridized carbons (Fsp3) is 0.500. The lowest BCUT2D eigenvalue weighted by molar-refractivity contribution is -0.149. The molecule has 1 unspecified atom stereocenters. The normalized spacial score (nSPS) is 12.5. The highest BCUT2D eigenvalue weighted by atomic mass is 16.5. The largest absolute Gasteiger partial charge is 0.463 e. The summed E-state index contributed by atoms with van der Waals surface area (Å²) in [6.45, 7) is 3.60. The van der Waals surface area contributed by atoms with Crippen molar-refractivity contribution in [3.05, 3.63) is 35.9 Å². The van der Waals surface area contributed by atoms with Gasteiger partial charge in [0.1, 0.15) is 0 Å². The molecule has 3 heteroatoms. The standard InChI is InChI=1S/C14H20O3/c1-11(2)17-14(16)10-13(15)9-8-12-6-4-3-5-7-12/h3-7,11,13,15H,8-10H2,1-2H3. The van der Waals surface area contributed by atoms with E-state index in [1.165, 1.54) is 5.56 Å². The summed E-state index contributed by atoms with van der Waals surface area (Å²) in [5.41, 5.74) is 1.17. The summed E-state index contributed by atoms with van der Waals surface area (Å²) in [5.74, 6) is -0.333. The Hall–Kier alpha value is -1.35. The van der Waals surface area contributed by atoms with Crippen molar-refractivity contribution in [2.75, 3.05) is 0 Å². The molecule has 1 aromatic carbocycles. The molecule has 1 rings (SSSR count). The summed E-state index contributed by atoms with van der Waals surface area (Å²) >= 11 is 0. The van der Waals surface area contributed by atoms with E-state index in [4.69, 9.17) is 4.74 Å². The second-order valence-corrected chi connectivity index (χ2v) is 4.42. The van der Waals surface area contributed by atoms with Crippen LogP contribution in [-0.4, -0.2) is 23.3 Å². The van der Waals surface area contributed by atoms with Gasteiger partial charge in [-0.1, -0.05) is 30.3 Å². The van der Waals surface area contributed by atoms with Crippen molar-refractivity contribution in [3.8, 4) is 0 Å². The van der Waals surface area contributed by atoms with E-state index in [0.29, 0.717) is 6.42 Å². The van der Waals surface area contributed by atoms with Crippen LogP contribution in [0.1, 0.15) is 32.3 Å². The van der Waals surface area contributed by atoms with Crippen molar-refractivity contribution in [1.29, 1.82) is 0 Å². The molecule has 0 saturated heterocycles.